The average Bonchev–Trinajstić information content (AvgIpc) is 2.86. The van der Waals surface area contributed by atoms with Crippen LogP contribution >= 0.6 is 0 Å². The Hall–Kier alpha value is -2.05. The van der Waals surface area contributed by atoms with Crippen LogP contribution in [0.25, 0.3) is 0 Å². The number of carboxylic acids is 1. The zero-order valence-corrected chi connectivity index (χ0v) is 12.6. The van der Waals surface area contributed by atoms with E-state index in [4.69, 9.17) is 9.84 Å². The van der Waals surface area contributed by atoms with Crippen LogP contribution in [0.4, 0.5) is 4.79 Å². The van der Waals surface area contributed by atoms with Crippen molar-refractivity contribution in [3.63, 3.8) is 0 Å². The molecular weight excluding hydrogens is 274 g/mol. The summed E-state index contributed by atoms with van der Waals surface area (Å²) < 4.78 is 6.99. The van der Waals surface area contributed by atoms with E-state index in [0.717, 1.165) is 12.8 Å². The number of nitrogens with zero attached hydrogens (tertiary/aromatic N) is 3. The van der Waals surface area contributed by atoms with Crippen molar-refractivity contribution in [2.75, 3.05) is 13.1 Å². The number of piperidine rings is 1. The third kappa shape index (κ3) is 3.96. The molecule has 116 valence electrons. The second kappa shape index (κ2) is 5.75. The Morgan fingerprint density at radius 1 is 1.43 bits per heavy atom. The molecular formula is C14H21N3O4. The minimum atomic E-state index is -1.05. The van der Waals surface area contributed by atoms with Gasteiger partial charge in [-0.15, -0.1) is 0 Å². The molecule has 0 radical (unpaired) electrons. The zero-order valence-electron chi connectivity index (χ0n) is 12.6. The van der Waals surface area contributed by atoms with Crippen molar-refractivity contribution in [3.8, 4) is 0 Å². The Morgan fingerprint density at radius 2 is 2.14 bits per heavy atom. The maximum Gasteiger partial charge on any atom is 0.410 e. The maximum atomic E-state index is 12.1. The fourth-order valence-electron chi connectivity index (χ4n) is 2.32. The lowest BCUT2D eigenvalue weighted by Crippen LogP contribution is -2.43. The second-order valence-corrected chi connectivity index (χ2v) is 6.21. The smallest absolute Gasteiger partial charge is 0.410 e. The van der Waals surface area contributed by atoms with Gasteiger partial charge >= 0.3 is 12.1 Å². The van der Waals surface area contributed by atoms with Crippen LogP contribution in [-0.2, 0) is 4.74 Å². The van der Waals surface area contributed by atoms with Gasteiger partial charge in [-0.2, -0.15) is 5.10 Å². The molecule has 0 aliphatic carbocycles. The molecule has 1 aliphatic rings. The van der Waals surface area contributed by atoms with E-state index in [1.807, 2.05) is 20.8 Å². The van der Waals surface area contributed by atoms with Crippen molar-refractivity contribution in [1.29, 1.82) is 0 Å². The van der Waals surface area contributed by atoms with Crippen LogP contribution in [0.2, 0.25) is 0 Å². The lowest BCUT2D eigenvalue weighted by atomic mass is 10.1. The van der Waals surface area contributed by atoms with Crippen molar-refractivity contribution in [2.24, 2.45) is 0 Å². The lowest BCUT2D eigenvalue weighted by molar-refractivity contribution is 0.0166. The van der Waals surface area contributed by atoms with E-state index in [-0.39, 0.29) is 17.8 Å². The van der Waals surface area contributed by atoms with E-state index >= 15 is 0 Å². The van der Waals surface area contributed by atoms with Crippen LogP contribution in [0.3, 0.4) is 0 Å². The van der Waals surface area contributed by atoms with Gasteiger partial charge in [0, 0.05) is 19.3 Å². The van der Waals surface area contributed by atoms with Gasteiger partial charge in [-0.25, -0.2) is 9.59 Å². The highest BCUT2D eigenvalue weighted by Gasteiger charge is 2.29. The predicted octanol–water partition coefficient (Wildman–Crippen LogP) is 2.15. The van der Waals surface area contributed by atoms with Crippen LogP contribution < -0.4 is 0 Å². The summed E-state index contributed by atoms with van der Waals surface area (Å²) in [5.41, 5.74) is -0.504. The van der Waals surface area contributed by atoms with E-state index in [0.29, 0.717) is 13.1 Å². The number of rotatable bonds is 2. The molecule has 0 unspecified atom stereocenters. The number of aromatic nitrogens is 2. The monoisotopic (exact) mass is 295 g/mol. The van der Waals surface area contributed by atoms with Crippen molar-refractivity contribution in [2.45, 2.75) is 45.3 Å². The summed E-state index contributed by atoms with van der Waals surface area (Å²) in [5.74, 6) is -1.05. The topological polar surface area (TPSA) is 84.7 Å². The van der Waals surface area contributed by atoms with Gasteiger partial charge in [0.25, 0.3) is 0 Å². The number of carbonyl (C=O) groups is 2. The molecule has 1 aromatic heterocycles. The number of hydrogen-bond acceptors (Lipinski definition) is 4. The summed E-state index contributed by atoms with van der Waals surface area (Å²) in [6.45, 7) is 6.63. The molecule has 1 N–H and O–H groups in total. The minimum Gasteiger partial charge on any atom is -0.476 e. The SMILES string of the molecule is CC(C)(C)OC(=O)N1CCC[C@@H](n2ccc(C(=O)O)n2)C1. The molecule has 1 amide bonds. The van der Waals surface area contributed by atoms with E-state index < -0.39 is 11.6 Å². The van der Waals surface area contributed by atoms with Crippen LogP contribution in [0, 0.1) is 0 Å². The summed E-state index contributed by atoms with van der Waals surface area (Å²) in [6.07, 6.45) is 3.01. The number of carboxylic acid groups (broad SMARTS) is 1. The molecule has 0 bridgehead atoms. The molecule has 1 atom stereocenters. The number of carbonyl (C=O) groups excluding carboxylic acids is 1. The van der Waals surface area contributed by atoms with Crippen LogP contribution in [-0.4, -0.2) is 50.5 Å². The summed E-state index contributed by atoms with van der Waals surface area (Å²) in [4.78, 5) is 24.6. The van der Waals surface area contributed by atoms with Gasteiger partial charge in [-0.05, 0) is 39.7 Å². The standard InChI is InChI=1S/C14H21N3O4/c1-14(2,3)21-13(20)16-7-4-5-10(9-16)17-8-6-11(15-17)12(18)19/h6,8,10H,4-5,7,9H2,1-3H3,(H,18,19)/t10-/m1/s1. The summed E-state index contributed by atoms with van der Waals surface area (Å²) in [5, 5.41) is 12.9. The first-order valence-corrected chi connectivity index (χ1v) is 7.02. The fourth-order valence-corrected chi connectivity index (χ4v) is 2.32. The molecule has 7 nitrogen and oxygen atoms in total. The minimum absolute atomic E-state index is 0.0145. The third-order valence-corrected chi connectivity index (χ3v) is 3.25. The van der Waals surface area contributed by atoms with Gasteiger partial charge in [-0.3, -0.25) is 4.68 Å². The van der Waals surface area contributed by atoms with Gasteiger partial charge in [0.05, 0.1) is 6.04 Å². The summed E-state index contributed by atoms with van der Waals surface area (Å²) in [6, 6.07) is 1.45. The van der Waals surface area contributed by atoms with Gasteiger partial charge in [0.15, 0.2) is 5.69 Å². The van der Waals surface area contributed by atoms with Gasteiger partial charge in [-0.1, -0.05) is 0 Å². The molecule has 2 heterocycles. The van der Waals surface area contributed by atoms with Gasteiger partial charge in [0.1, 0.15) is 5.60 Å². The summed E-state index contributed by atoms with van der Waals surface area (Å²) in [7, 11) is 0. The van der Waals surface area contributed by atoms with Crippen molar-refractivity contribution in [3.05, 3.63) is 18.0 Å². The number of ether oxygens (including phenoxy) is 1. The zero-order chi connectivity index (χ0) is 15.6. The highest BCUT2D eigenvalue weighted by molar-refractivity contribution is 5.85. The Balaban J connectivity index is 2.03. The molecule has 1 saturated heterocycles. The van der Waals surface area contributed by atoms with Crippen LogP contribution in [0.1, 0.15) is 50.1 Å². The molecule has 0 saturated carbocycles. The molecule has 1 fully saturated rings. The molecule has 1 aromatic rings. The number of hydrogen-bond donors (Lipinski definition) is 1. The van der Waals surface area contributed by atoms with Gasteiger partial charge < -0.3 is 14.7 Å². The van der Waals surface area contributed by atoms with E-state index in [1.165, 1.54) is 6.07 Å². The Labute approximate surface area is 123 Å². The van der Waals surface area contributed by atoms with Crippen LogP contribution in [0.15, 0.2) is 12.3 Å². The van der Waals surface area contributed by atoms with Crippen LogP contribution in [0.5, 0.6) is 0 Å². The first-order chi connectivity index (χ1) is 9.76. The van der Waals surface area contributed by atoms with E-state index in [1.54, 1.807) is 15.8 Å². The molecule has 21 heavy (non-hydrogen) atoms. The van der Waals surface area contributed by atoms with Crippen molar-refractivity contribution >= 4 is 12.1 Å². The highest BCUT2D eigenvalue weighted by Crippen LogP contribution is 2.22. The molecule has 1 aliphatic heterocycles. The van der Waals surface area contributed by atoms with E-state index in [2.05, 4.69) is 5.10 Å². The molecule has 0 spiro atoms. The fraction of sp³-hybridized carbons (Fsp3) is 0.643. The molecule has 7 heteroatoms. The number of amides is 1. The largest absolute Gasteiger partial charge is 0.476 e. The Kier molecular flexibility index (Phi) is 4.20. The Bertz CT molecular complexity index is 533. The maximum absolute atomic E-state index is 12.1. The number of aromatic carboxylic acids is 1. The first-order valence-electron chi connectivity index (χ1n) is 7.02. The quantitative estimate of drug-likeness (QED) is 0.903. The molecule has 0 aromatic carbocycles. The predicted molar refractivity (Wildman–Crippen MR) is 75.3 cm³/mol. The highest BCUT2D eigenvalue weighted by atomic mass is 16.6. The summed E-state index contributed by atoms with van der Waals surface area (Å²) >= 11 is 0. The first kappa shape index (κ1) is 15.3. The second-order valence-electron chi connectivity index (χ2n) is 6.21. The lowest BCUT2D eigenvalue weighted by Gasteiger charge is -2.34. The van der Waals surface area contributed by atoms with Gasteiger partial charge in [0.2, 0.25) is 0 Å². The normalized spacial score (nSPS) is 19.4. The van der Waals surface area contributed by atoms with Crippen molar-refractivity contribution < 1.29 is 19.4 Å². The Morgan fingerprint density at radius 3 is 2.71 bits per heavy atom. The molecule has 2 rings (SSSR count). The third-order valence-electron chi connectivity index (χ3n) is 3.25. The van der Waals surface area contributed by atoms with Crippen molar-refractivity contribution in [1.82, 2.24) is 14.7 Å². The van der Waals surface area contributed by atoms with E-state index in [9.17, 15) is 9.59 Å². The average molecular weight is 295 g/mol. The number of likely N-dealkylation sites (tertiary alicyclic amines) is 1.